The Morgan fingerprint density at radius 1 is 1.07 bits per heavy atom. The molecular formula is C21H13FN4O2S. The van der Waals surface area contributed by atoms with Gasteiger partial charge in [-0.1, -0.05) is 35.5 Å². The van der Waals surface area contributed by atoms with Crippen molar-refractivity contribution in [3.8, 4) is 22.6 Å². The number of benzene rings is 2. The molecule has 0 bridgehead atoms. The molecule has 5 aromatic rings. The van der Waals surface area contributed by atoms with Gasteiger partial charge in [-0.2, -0.15) is 0 Å². The van der Waals surface area contributed by atoms with E-state index in [-0.39, 0.29) is 11.5 Å². The van der Waals surface area contributed by atoms with Crippen molar-refractivity contribution in [2.75, 3.05) is 5.32 Å². The van der Waals surface area contributed by atoms with Gasteiger partial charge in [0.2, 0.25) is 0 Å². The number of anilines is 1. The molecule has 1 N–H and O–H groups in total. The monoisotopic (exact) mass is 404 g/mol. The standard InChI is InChI=1S/C21H13FN4O2S/c22-15-8-6-14(7-9-15)18-19(26-10-11-29-21(26)23-18)24-20(27)16-12-17(28-25-16)13-4-2-1-3-5-13/h1-12H,(H,24,27). The molecule has 0 radical (unpaired) electrons. The molecule has 2 aromatic carbocycles. The summed E-state index contributed by atoms with van der Waals surface area (Å²) in [4.78, 5) is 18.1. The Morgan fingerprint density at radius 3 is 2.66 bits per heavy atom. The highest BCUT2D eigenvalue weighted by Gasteiger charge is 2.20. The molecule has 0 spiro atoms. The van der Waals surface area contributed by atoms with Crippen molar-refractivity contribution in [3.05, 3.63) is 83.8 Å². The third-order valence-electron chi connectivity index (χ3n) is 4.41. The second-order valence-electron chi connectivity index (χ2n) is 6.27. The van der Waals surface area contributed by atoms with E-state index in [1.165, 1.54) is 23.5 Å². The molecule has 0 fully saturated rings. The van der Waals surface area contributed by atoms with E-state index in [2.05, 4.69) is 15.5 Å². The molecule has 1 amide bonds. The van der Waals surface area contributed by atoms with Gasteiger partial charge in [-0.05, 0) is 24.3 Å². The summed E-state index contributed by atoms with van der Waals surface area (Å²) in [5, 5.41) is 8.63. The number of nitrogens with one attached hydrogen (secondary N) is 1. The fraction of sp³-hybridized carbons (Fsp3) is 0. The van der Waals surface area contributed by atoms with Gasteiger partial charge in [0.15, 0.2) is 16.4 Å². The average Bonchev–Trinajstić information content (AvgIpc) is 3.47. The first-order valence-electron chi connectivity index (χ1n) is 8.74. The van der Waals surface area contributed by atoms with E-state index in [9.17, 15) is 9.18 Å². The number of nitrogens with zero attached hydrogens (tertiary/aromatic N) is 3. The second-order valence-corrected chi connectivity index (χ2v) is 7.14. The van der Waals surface area contributed by atoms with Crippen LogP contribution in [0.2, 0.25) is 0 Å². The molecule has 6 nitrogen and oxygen atoms in total. The van der Waals surface area contributed by atoms with Crippen molar-refractivity contribution in [1.82, 2.24) is 14.5 Å². The number of hydrogen-bond donors (Lipinski definition) is 1. The van der Waals surface area contributed by atoms with Crippen molar-refractivity contribution in [2.45, 2.75) is 0 Å². The van der Waals surface area contributed by atoms with E-state index < -0.39 is 5.91 Å². The molecular weight excluding hydrogens is 391 g/mol. The fourth-order valence-electron chi connectivity index (χ4n) is 3.01. The van der Waals surface area contributed by atoms with Gasteiger partial charge in [0.1, 0.15) is 17.3 Å². The lowest BCUT2D eigenvalue weighted by molar-refractivity contribution is 0.101. The number of amides is 1. The summed E-state index contributed by atoms with van der Waals surface area (Å²) < 4.78 is 20.4. The van der Waals surface area contributed by atoms with Crippen LogP contribution in [0.3, 0.4) is 0 Å². The lowest BCUT2D eigenvalue weighted by atomic mass is 10.1. The van der Waals surface area contributed by atoms with Crippen molar-refractivity contribution < 1.29 is 13.7 Å². The first-order valence-corrected chi connectivity index (χ1v) is 9.62. The smallest absolute Gasteiger partial charge is 0.279 e. The van der Waals surface area contributed by atoms with Crippen LogP contribution in [0.4, 0.5) is 10.2 Å². The number of thiazole rings is 1. The van der Waals surface area contributed by atoms with Crippen LogP contribution in [0.15, 0.2) is 76.8 Å². The third-order valence-corrected chi connectivity index (χ3v) is 5.17. The van der Waals surface area contributed by atoms with Crippen molar-refractivity contribution >= 4 is 28.0 Å². The molecule has 8 heteroatoms. The fourth-order valence-corrected chi connectivity index (χ4v) is 3.72. The van der Waals surface area contributed by atoms with E-state index >= 15 is 0 Å². The second kappa shape index (κ2) is 6.99. The molecule has 5 rings (SSSR count). The highest BCUT2D eigenvalue weighted by Crippen LogP contribution is 2.31. The van der Waals surface area contributed by atoms with Crippen LogP contribution in [0.25, 0.3) is 27.5 Å². The predicted octanol–water partition coefficient (Wildman–Crippen LogP) is 5.11. The van der Waals surface area contributed by atoms with E-state index in [4.69, 9.17) is 4.52 Å². The number of carbonyl (C=O) groups is 1. The maximum Gasteiger partial charge on any atom is 0.279 e. The van der Waals surface area contributed by atoms with Gasteiger partial charge in [0, 0.05) is 28.8 Å². The Hall–Kier alpha value is -3.78. The Bertz CT molecular complexity index is 1310. The van der Waals surface area contributed by atoms with E-state index in [0.717, 1.165) is 5.56 Å². The van der Waals surface area contributed by atoms with Crippen LogP contribution in [-0.4, -0.2) is 20.4 Å². The number of halogens is 1. The lowest BCUT2D eigenvalue weighted by Crippen LogP contribution is -2.14. The van der Waals surface area contributed by atoms with E-state index in [0.29, 0.717) is 27.8 Å². The van der Waals surface area contributed by atoms with Crippen molar-refractivity contribution in [3.63, 3.8) is 0 Å². The highest BCUT2D eigenvalue weighted by molar-refractivity contribution is 7.15. The summed E-state index contributed by atoms with van der Waals surface area (Å²) in [7, 11) is 0. The molecule has 0 unspecified atom stereocenters. The highest BCUT2D eigenvalue weighted by atomic mass is 32.1. The number of aromatic nitrogens is 3. The number of carbonyl (C=O) groups excluding carboxylic acids is 1. The zero-order valence-electron chi connectivity index (χ0n) is 14.9. The minimum absolute atomic E-state index is 0.152. The molecule has 142 valence electrons. The van der Waals surface area contributed by atoms with Gasteiger partial charge in [0.25, 0.3) is 5.91 Å². The number of fused-ring (bicyclic) bond motifs is 1. The Balaban J connectivity index is 1.49. The Labute approximate surface area is 168 Å². The normalized spacial score (nSPS) is 11.1. The van der Waals surface area contributed by atoms with Gasteiger partial charge >= 0.3 is 0 Å². The molecule has 3 heterocycles. The van der Waals surface area contributed by atoms with Gasteiger partial charge in [-0.25, -0.2) is 9.37 Å². The molecule has 0 saturated carbocycles. The summed E-state index contributed by atoms with van der Waals surface area (Å²) in [6.45, 7) is 0. The van der Waals surface area contributed by atoms with Gasteiger partial charge in [0.05, 0.1) is 0 Å². The Kier molecular flexibility index (Phi) is 4.18. The number of imidazole rings is 1. The van der Waals surface area contributed by atoms with Crippen LogP contribution < -0.4 is 5.32 Å². The summed E-state index contributed by atoms with van der Waals surface area (Å²) >= 11 is 1.44. The van der Waals surface area contributed by atoms with Crippen LogP contribution in [-0.2, 0) is 0 Å². The molecule has 0 aliphatic heterocycles. The largest absolute Gasteiger partial charge is 0.355 e. The van der Waals surface area contributed by atoms with Crippen molar-refractivity contribution in [2.24, 2.45) is 0 Å². The number of rotatable bonds is 4. The molecule has 0 aliphatic rings. The lowest BCUT2D eigenvalue weighted by Gasteiger charge is -2.05. The summed E-state index contributed by atoms with van der Waals surface area (Å²) in [5.41, 5.74) is 2.23. The molecule has 29 heavy (non-hydrogen) atoms. The topological polar surface area (TPSA) is 72.4 Å². The quantitative estimate of drug-likeness (QED) is 0.452. The molecule has 3 aromatic heterocycles. The summed E-state index contributed by atoms with van der Waals surface area (Å²) in [6, 6.07) is 17.0. The molecule has 0 atom stereocenters. The molecule has 0 saturated heterocycles. The van der Waals surface area contributed by atoms with Gasteiger partial charge in [-0.3, -0.25) is 9.20 Å². The van der Waals surface area contributed by atoms with Crippen LogP contribution in [0.1, 0.15) is 10.5 Å². The van der Waals surface area contributed by atoms with Crippen LogP contribution >= 0.6 is 11.3 Å². The predicted molar refractivity (Wildman–Crippen MR) is 108 cm³/mol. The maximum atomic E-state index is 13.3. The van der Waals surface area contributed by atoms with Crippen LogP contribution in [0, 0.1) is 5.82 Å². The zero-order chi connectivity index (χ0) is 19.8. The van der Waals surface area contributed by atoms with E-state index in [1.54, 1.807) is 22.6 Å². The first kappa shape index (κ1) is 17.3. The van der Waals surface area contributed by atoms with Crippen LogP contribution in [0.5, 0.6) is 0 Å². The minimum atomic E-state index is -0.424. The maximum absolute atomic E-state index is 13.3. The summed E-state index contributed by atoms with van der Waals surface area (Å²) in [6.07, 6.45) is 1.81. The SMILES string of the molecule is O=C(Nc1c(-c2ccc(F)cc2)nc2sccn12)c1cc(-c2ccccc2)on1. The Morgan fingerprint density at radius 2 is 1.86 bits per heavy atom. The summed E-state index contributed by atoms with van der Waals surface area (Å²) in [5.74, 6) is 0.231. The first-order chi connectivity index (χ1) is 14.2. The number of hydrogen-bond acceptors (Lipinski definition) is 5. The van der Waals surface area contributed by atoms with E-state index in [1.807, 2.05) is 41.9 Å². The van der Waals surface area contributed by atoms with Gasteiger partial charge in [-0.15, -0.1) is 11.3 Å². The van der Waals surface area contributed by atoms with Crippen molar-refractivity contribution in [1.29, 1.82) is 0 Å². The minimum Gasteiger partial charge on any atom is -0.355 e. The zero-order valence-corrected chi connectivity index (χ0v) is 15.7. The molecule has 0 aliphatic carbocycles. The van der Waals surface area contributed by atoms with Gasteiger partial charge < -0.3 is 9.84 Å². The third kappa shape index (κ3) is 3.19. The average molecular weight is 404 g/mol.